The van der Waals surface area contributed by atoms with Crippen LogP contribution in [0.3, 0.4) is 0 Å². The summed E-state index contributed by atoms with van der Waals surface area (Å²) in [7, 11) is 0. The molecule has 0 saturated carbocycles. The van der Waals surface area contributed by atoms with Gasteiger partial charge in [-0.3, -0.25) is 9.59 Å². The molecule has 4 N–H and O–H groups in total. The van der Waals surface area contributed by atoms with Gasteiger partial charge in [0.05, 0.1) is 0 Å². The molecule has 0 fully saturated rings. The van der Waals surface area contributed by atoms with Crippen LogP contribution in [0.5, 0.6) is 0 Å². The van der Waals surface area contributed by atoms with Crippen molar-refractivity contribution in [2.75, 3.05) is 0 Å². The molecular formula is C5H9NO4Ti. The van der Waals surface area contributed by atoms with E-state index in [2.05, 4.69) is 0 Å². The summed E-state index contributed by atoms with van der Waals surface area (Å²) >= 11 is 0. The number of carbonyl (C=O) groups is 2. The van der Waals surface area contributed by atoms with Crippen LogP contribution in [-0.4, -0.2) is 28.2 Å². The van der Waals surface area contributed by atoms with Gasteiger partial charge >= 0.3 is 11.9 Å². The molecule has 11 heavy (non-hydrogen) atoms. The van der Waals surface area contributed by atoms with Crippen LogP contribution in [-0.2, 0) is 31.3 Å². The van der Waals surface area contributed by atoms with Crippen molar-refractivity contribution in [2.24, 2.45) is 5.73 Å². The summed E-state index contributed by atoms with van der Waals surface area (Å²) in [5.74, 6) is -2.20. The number of rotatable bonds is 4. The van der Waals surface area contributed by atoms with Crippen LogP contribution < -0.4 is 5.73 Å². The molecule has 0 radical (unpaired) electrons. The zero-order valence-electron chi connectivity index (χ0n) is 5.78. The van der Waals surface area contributed by atoms with E-state index in [1.807, 2.05) is 0 Å². The second kappa shape index (κ2) is 6.33. The maximum absolute atomic E-state index is 9.99. The Morgan fingerprint density at radius 3 is 2.09 bits per heavy atom. The molecule has 0 unspecified atom stereocenters. The van der Waals surface area contributed by atoms with Crippen LogP contribution in [0.2, 0.25) is 0 Å². The monoisotopic (exact) mass is 195 g/mol. The number of carboxylic acid groups (broad SMARTS) is 2. The second-order valence-corrected chi connectivity index (χ2v) is 1.88. The molecule has 0 aromatic carbocycles. The van der Waals surface area contributed by atoms with Crippen LogP contribution in [0.15, 0.2) is 0 Å². The molecule has 6 heteroatoms. The number of carboxylic acids is 2. The molecule has 0 saturated heterocycles. The zero-order valence-corrected chi connectivity index (χ0v) is 7.34. The Labute approximate surface area is 78.5 Å². The number of hydrogen-bond acceptors (Lipinski definition) is 3. The van der Waals surface area contributed by atoms with Crippen LogP contribution in [0.4, 0.5) is 0 Å². The van der Waals surface area contributed by atoms with Crippen molar-refractivity contribution in [3.05, 3.63) is 0 Å². The van der Waals surface area contributed by atoms with Gasteiger partial charge in [-0.15, -0.1) is 0 Å². The minimum absolute atomic E-state index is 0. The van der Waals surface area contributed by atoms with E-state index in [-0.39, 0.29) is 34.6 Å². The van der Waals surface area contributed by atoms with E-state index >= 15 is 0 Å². The van der Waals surface area contributed by atoms with Gasteiger partial charge in [0.1, 0.15) is 6.04 Å². The third-order valence-electron chi connectivity index (χ3n) is 0.986. The molecule has 0 aliphatic heterocycles. The van der Waals surface area contributed by atoms with Crippen LogP contribution in [0.1, 0.15) is 12.8 Å². The Balaban J connectivity index is 0. The molecule has 0 aliphatic rings. The molecule has 1 atom stereocenters. The molecule has 0 spiro atoms. The van der Waals surface area contributed by atoms with Gasteiger partial charge in [0.25, 0.3) is 0 Å². The van der Waals surface area contributed by atoms with Gasteiger partial charge in [-0.05, 0) is 6.42 Å². The minimum Gasteiger partial charge on any atom is -0.481 e. The first kappa shape index (κ1) is 13.2. The van der Waals surface area contributed by atoms with Crippen molar-refractivity contribution in [3.63, 3.8) is 0 Å². The third kappa shape index (κ3) is 7.51. The van der Waals surface area contributed by atoms with Gasteiger partial charge in [0.2, 0.25) is 0 Å². The molecule has 0 aromatic heterocycles. The summed E-state index contributed by atoms with van der Waals surface area (Å²) in [6, 6.07) is -1.06. The van der Waals surface area contributed by atoms with Crippen molar-refractivity contribution in [2.45, 2.75) is 18.9 Å². The fraction of sp³-hybridized carbons (Fsp3) is 0.600. The molecule has 0 aromatic rings. The number of aliphatic carboxylic acids is 2. The summed E-state index contributed by atoms with van der Waals surface area (Å²) in [4.78, 5) is 19.9. The zero-order chi connectivity index (χ0) is 8.15. The van der Waals surface area contributed by atoms with Crippen molar-refractivity contribution in [3.8, 4) is 0 Å². The van der Waals surface area contributed by atoms with E-state index < -0.39 is 18.0 Å². The Bertz CT molecular complexity index is 149. The Kier molecular flexibility index (Phi) is 7.61. The standard InChI is InChI=1S/C5H9NO4.Ti/c6-3(5(9)10)1-2-4(7)8;/h3H,1-2,6H2,(H,7,8)(H,9,10);/t3-;/m0./s1. The third-order valence-corrected chi connectivity index (χ3v) is 0.986. The van der Waals surface area contributed by atoms with E-state index in [9.17, 15) is 9.59 Å². The first-order valence-corrected chi connectivity index (χ1v) is 2.74. The largest absolute Gasteiger partial charge is 0.481 e. The van der Waals surface area contributed by atoms with Gasteiger partial charge in [-0.1, -0.05) is 0 Å². The Morgan fingerprint density at radius 2 is 1.82 bits per heavy atom. The van der Waals surface area contributed by atoms with Crippen LogP contribution >= 0.6 is 0 Å². The van der Waals surface area contributed by atoms with Crippen molar-refractivity contribution < 1.29 is 41.5 Å². The van der Waals surface area contributed by atoms with Gasteiger partial charge in [-0.25, -0.2) is 0 Å². The van der Waals surface area contributed by atoms with Gasteiger partial charge < -0.3 is 15.9 Å². The smallest absolute Gasteiger partial charge is 0.320 e. The van der Waals surface area contributed by atoms with E-state index in [1.54, 1.807) is 0 Å². The quantitative estimate of drug-likeness (QED) is 0.513. The predicted molar refractivity (Wildman–Crippen MR) is 32.5 cm³/mol. The number of hydrogen-bond donors (Lipinski definition) is 3. The summed E-state index contributed by atoms with van der Waals surface area (Å²) in [5.41, 5.74) is 5.00. The first-order chi connectivity index (χ1) is 4.54. The predicted octanol–water partition coefficient (Wildman–Crippen LogP) is -0.739. The van der Waals surface area contributed by atoms with Crippen molar-refractivity contribution >= 4 is 11.9 Å². The molecule has 0 rings (SSSR count). The summed E-state index contributed by atoms with van der Waals surface area (Å²) in [6.07, 6.45) is -0.224. The average Bonchev–Trinajstić information content (AvgIpc) is 1.82. The van der Waals surface area contributed by atoms with E-state index in [0.717, 1.165) is 0 Å². The SMILES string of the molecule is N[C@@H](CCC(=O)O)C(=O)O.[Ti]. The summed E-state index contributed by atoms with van der Waals surface area (Å²) < 4.78 is 0. The van der Waals surface area contributed by atoms with E-state index in [1.165, 1.54) is 0 Å². The summed E-state index contributed by atoms with van der Waals surface area (Å²) in [6.45, 7) is 0. The van der Waals surface area contributed by atoms with Crippen molar-refractivity contribution in [1.82, 2.24) is 0 Å². The molecule has 0 heterocycles. The topological polar surface area (TPSA) is 101 Å². The van der Waals surface area contributed by atoms with E-state index in [4.69, 9.17) is 15.9 Å². The molecule has 0 amide bonds. The summed E-state index contributed by atoms with van der Waals surface area (Å²) in [5, 5.41) is 16.3. The van der Waals surface area contributed by atoms with Crippen LogP contribution in [0.25, 0.3) is 0 Å². The van der Waals surface area contributed by atoms with Gasteiger partial charge in [0, 0.05) is 28.1 Å². The number of nitrogens with two attached hydrogens (primary N) is 1. The van der Waals surface area contributed by atoms with E-state index in [0.29, 0.717) is 0 Å². The normalized spacial score (nSPS) is 11.4. The molecular weight excluding hydrogens is 186 g/mol. The molecule has 5 nitrogen and oxygen atoms in total. The first-order valence-electron chi connectivity index (χ1n) is 2.74. The molecule has 0 bridgehead atoms. The fourth-order valence-electron chi connectivity index (χ4n) is 0.402. The second-order valence-electron chi connectivity index (χ2n) is 1.88. The average molecular weight is 195 g/mol. The Hall–Kier alpha value is -0.386. The molecule has 0 aliphatic carbocycles. The molecule has 62 valence electrons. The maximum atomic E-state index is 9.99. The minimum atomic E-state index is -1.17. The Morgan fingerprint density at radius 1 is 1.36 bits per heavy atom. The van der Waals surface area contributed by atoms with Gasteiger partial charge in [-0.2, -0.15) is 0 Å². The van der Waals surface area contributed by atoms with Crippen LogP contribution in [0, 0.1) is 0 Å². The van der Waals surface area contributed by atoms with Crippen molar-refractivity contribution in [1.29, 1.82) is 0 Å². The van der Waals surface area contributed by atoms with Gasteiger partial charge in [0.15, 0.2) is 0 Å². The maximum Gasteiger partial charge on any atom is 0.320 e. The fourth-order valence-corrected chi connectivity index (χ4v) is 0.402.